The van der Waals surface area contributed by atoms with Gasteiger partial charge in [0.25, 0.3) is 5.91 Å². The fourth-order valence-corrected chi connectivity index (χ4v) is 4.17. The quantitative estimate of drug-likeness (QED) is 0.621. The van der Waals surface area contributed by atoms with Crippen molar-refractivity contribution < 1.29 is 4.79 Å². The first-order chi connectivity index (χ1) is 13.2. The van der Waals surface area contributed by atoms with E-state index in [1.807, 2.05) is 0 Å². The van der Waals surface area contributed by atoms with Gasteiger partial charge in [0.15, 0.2) is 0 Å². The van der Waals surface area contributed by atoms with Crippen molar-refractivity contribution in [3.8, 4) is 6.07 Å². The van der Waals surface area contributed by atoms with Crippen molar-refractivity contribution in [2.75, 3.05) is 13.1 Å². The van der Waals surface area contributed by atoms with Crippen molar-refractivity contribution in [2.24, 2.45) is 0 Å². The van der Waals surface area contributed by atoms with Gasteiger partial charge in [-0.15, -0.1) is 0 Å². The molecule has 1 N–H and O–H groups in total. The van der Waals surface area contributed by atoms with Gasteiger partial charge in [-0.05, 0) is 61.6 Å². The van der Waals surface area contributed by atoms with Crippen LogP contribution in [0.25, 0.3) is 0 Å². The van der Waals surface area contributed by atoms with Crippen LogP contribution in [0.2, 0.25) is 0 Å². The molecule has 2 aliphatic rings. The van der Waals surface area contributed by atoms with E-state index in [0.29, 0.717) is 0 Å². The van der Waals surface area contributed by atoms with E-state index in [1.165, 1.54) is 36.8 Å². The third-order valence-corrected chi connectivity index (χ3v) is 5.81. The van der Waals surface area contributed by atoms with Gasteiger partial charge in [-0.25, -0.2) is 0 Å². The summed E-state index contributed by atoms with van der Waals surface area (Å²) in [4.78, 5) is 14.9. The first-order valence-electron chi connectivity index (χ1n) is 10.5. The highest BCUT2D eigenvalue weighted by Gasteiger charge is 2.19. The number of carbonyl (C=O) groups excluding carboxylic acids is 1. The second-order valence-corrected chi connectivity index (χ2v) is 7.77. The minimum Gasteiger partial charge on any atom is -0.376 e. The summed E-state index contributed by atoms with van der Waals surface area (Å²) >= 11 is 0. The molecule has 4 heteroatoms. The summed E-state index contributed by atoms with van der Waals surface area (Å²) in [7, 11) is 0. The zero-order valence-electron chi connectivity index (χ0n) is 16.5. The Bertz CT molecular complexity index is 724. The molecule has 144 valence electrons. The number of hydrogen-bond donors (Lipinski definition) is 1. The smallest absolute Gasteiger partial charge is 0.263 e. The normalized spacial score (nSPS) is 18.8. The molecule has 0 spiro atoms. The Morgan fingerprint density at radius 2 is 1.85 bits per heavy atom. The maximum Gasteiger partial charge on any atom is 0.263 e. The van der Waals surface area contributed by atoms with Gasteiger partial charge in [0, 0.05) is 19.3 Å². The van der Waals surface area contributed by atoms with E-state index in [-0.39, 0.29) is 17.5 Å². The Kier molecular flexibility index (Phi) is 6.92. The Morgan fingerprint density at radius 1 is 1.15 bits per heavy atom. The third-order valence-electron chi connectivity index (χ3n) is 5.81. The van der Waals surface area contributed by atoms with Crippen LogP contribution < -0.4 is 5.32 Å². The third kappa shape index (κ3) is 5.13. The van der Waals surface area contributed by atoms with Crippen molar-refractivity contribution >= 4 is 5.91 Å². The summed E-state index contributed by atoms with van der Waals surface area (Å²) in [5, 5.41) is 12.6. The van der Waals surface area contributed by atoms with E-state index in [1.54, 1.807) is 6.20 Å². The molecule has 1 fully saturated rings. The van der Waals surface area contributed by atoms with Gasteiger partial charge in [0.1, 0.15) is 11.6 Å². The van der Waals surface area contributed by atoms with Crippen LogP contribution in [0.5, 0.6) is 0 Å². The minimum atomic E-state index is -0.258. The number of benzene rings is 1. The number of fused-ring (bicyclic) bond motifs is 1. The highest BCUT2D eigenvalue weighted by atomic mass is 16.1. The first-order valence-corrected chi connectivity index (χ1v) is 10.5. The molecule has 3 rings (SSSR count). The van der Waals surface area contributed by atoms with Crippen LogP contribution in [0.1, 0.15) is 74.6 Å². The maximum absolute atomic E-state index is 12.7. The molecule has 1 atom stereocenters. The monoisotopic (exact) mass is 365 g/mol. The largest absolute Gasteiger partial charge is 0.376 e. The lowest BCUT2D eigenvalue weighted by Gasteiger charge is -2.22. The van der Waals surface area contributed by atoms with Crippen molar-refractivity contribution in [3.05, 3.63) is 46.7 Å². The Labute approximate surface area is 163 Å². The molecule has 1 aliphatic heterocycles. The number of rotatable bonds is 5. The van der Waals surface area contributed by atoms with Gasteiger partial charge in [0.2, 0.25) is 0 Å². The molecule has 0 bridgehead atoms. The standard InChI is InChI=1S/C23H31N3O/c1-2-22(20-12-11-18-9-5-6-10-19(18)15-20)25-23(27)21(16-24)17-26-13-7-3-4-8-14-26/h11-12,15,17,22H,2-10,13-14H2,1H3,(H,25,27)/b21-17-. The van der Waals surface area contributed by atoms with Crippen molar-refractivity contribution in [1.82, 2.24) is 10.2 Å². The number of likely N-dealkylation sites (tertiary alicyclic amines) is 1. The minimum absolute atomic E-state index is 0.0504. The molecule has 1 aromatic rings. The van der Waals surface area contributed by atoms with Crippen LogP contribution in [0.3, 0.4) is 0 Å². The van der Waals surface area contributed by atoms with Gasteiger partial charge in [-0.3, -0.25) is 4.79 Å². The molecular weight excluding hydrogens is 334 g/mol. The number of carbonyl (C=O) groups is 1. The summed E-state index contributed by atoms with van der Waals surface area (Å²) < 4.78 is 0. The summed E-state index contributed by atoms with van der Waals surface area (Å²) in [6.07, 6.45) is 12.1. The van der Waals surface area contributed by atoms with E-state index < -0.39 is 0 Å². The SMILES string of the molecule is CCC(NC(=O)/C(C#N)=C\N1CCCCCC1)c1ccc2c(c1)CCCC2. The van der Waals surface area contributed by atoms with Gasteiger partial charge in [0.05, 0.1) is 6.04 Å². The number of hydrogen-bond acceptors (Lipinski definition) is 3. The number of amides is 1. The predicted octanol–water partition coefficient (Wildman–Crippen LogP) is 4.42. The van der Waals surface area contributed by atoms with E-state index in [4.69, 9.17) is 0 Å². The molecule has 1 amide bonds. The first kappa shape index (κ1) is 19.5. The van der Waals surface area contributed by atoms with E-state index in [2.05, 4.69) is 41.4 Å². The number of nitrogens with zero attached hydrogens (tertiary/aromatic N) is 2. The molecule has 4 nitrogen and oxygen atoms in total. The van der Waals surface area contributed by atoms with E-state index in [0.717, 1.165) is 50.8 Å². The number of nitrogens with one attached hydrogen (secondary N) is 1. The topological polar surface area (TPSA) is 56.1 Å². The molecule has 0 saturated carbocycles. The van der Waals surface area contributed by atoms with Gasteiger partial charge < -0.3 is 10.2 Å². The average molecular weight is 366 g/mol. The second-order valence-electron chi connectivity index (χ2n) is 7.77. The van der Waals surface area contributed by atoms with Gasteiger partial charge in [-0.1, -0.05) is 38.0 Å². The highest BCUT2D eigenvalue weighted by Crippen LogP contribution is 2.26. The van der Waals surface area contributed by atoms with Crippen molar-refractivity contribution in [2.45, 2.75) is 70.8 Å². The molecule has 1 aliphatic carbocycles. The molecule has 1 heterocycles. The fraction of sp³-hybridized carbons (Fsp3) is 0.565. The molecule has 0 radical (unpaired) electrons. The van der Waals surface area contributed by atoms with Crippen molar-refractivity contribution in [1.29, 1.82) is 5.26 Å². The number of nitriles is 1. The van der Waals surface area contributed by atoms with Crippen LogP contribution >= 0.6 is 0 Å². The Balaban J connectivity index is 1.71. The molecule has 27 heavy (non-hydrogen) atoms. The summed E-state index contributed by atoms with van der Waals surface area (Å²) in [5.41, 5.74) is 4.24. The van der Waals surface area contributed by atoms with Crippen LogP contribution in [-0.2, 0) is 17.6 Å². The highest BCUT2D eigenvalue weighted by molar-refractivity contribution is 5.97. The summed E-state index contributed by atoms with van der Waals surface area (Å²) in [6.45, 7) is 3.94. The van der Waals surface area contributed by atoms with E-state index in [9.17, 15) is 10.1 Å². The fourth-order valence-electron chi connectivity index (χ4n) is 4.17. The van der Waals surface area contributed by atoms with Crippen LogP contribution in [0.4, 0.5) is 0 Å². The average Bonchev–Trinajstić information content (AvgIpc) is 2.98. The summed E-state index contributed by atoms with van der Waals surface area (Å²) in [6, 6.07) is 8.68. The molecule has 1 aromatic carbocycles. The molecular formula is C23H31N3O. The molecule has 0 aromatic heterocycles. The molecule has 1 unspecified atom stereocenters. The second kappa shape index (κ2) is 9.60. The zero-order chi connectivity index (χ0) is 19.1. The van der Waals surface area contributed by atoms with Crippen LogP contribution in [-0.4, -0.2) is 23.9 Å². The zero-order valence-corrected chi connectivity index (χ0v) is 16.5. The molecule has 1 saturated heterocycles. The lowest BCUT2D eigenvalue weighted by atomic mass is 9.88. The maximum atomic E-state index is 12.7. The summed E-state index contributed by atoms with van der Waals surface area (Å²) in [5.74, 6) is -0.258. The van der Waals surface area contributed by atoms with Gasteiger partial charge in [-0.2, -0.15) is 5.26 Å². The van der Waals surface area contributed by atoms with E-state index >= 15 is 0 Å². The Morgan fingerprint density at radius 3 is 2.52 bits per heavy atom. The lowest BCUT2D eigenvalue weighted by Crippen LogP contribution is -2.30. The van der Waals surface area contributed by atoms with Crippen LogP contribution in [0.15, 0.2) is 30.0 Å². The lowest BCUT2D eigenvalue weighted by molar-refractivity contribution is -0.117. The van der Waals surface area contributed by atoms with Crippen LogP contribution in [0, 0.1) is 11.3 Å². The Hall–Kier alpha value is -2.28. The van der Waals surface area contributed by atoms with Gasteiger partial charge >= 0.3 is 0 Å². The number of aryl methyl sites for hydroxylation is 2. The predicted molar refractivity (Wildman–Crippen MR) is 108 cm³/mol. The van der Waals surface area contributed by atoms with Crippen molar-refractivity contribution in [3.63, 3.8) is 0 Å².